The molecule has 110 valence electrons. The van der Waals surface area contributed by atoms with Crippen molar-refractivity contribution in [1.29, 1.82) is 0 Å². The number of benzene rings is 1. The molecule has 1 saturated carbocycles. The van der Waals surface area contributed by atoms with Crippen LogP contribution in [0.4, 0.5) is 0 Å². The highest BCUT2D eigenvalue weighted by atomic mass is 79.9. The molecule has 1 aromatic rings. The number of rotatable bonds is 8. The highest BCUT2D eigenvalue weighted by Gasteiger charge is 2.22. The number of carbonyl (C=O) groups excluding carboxylic acids is 1. The van der Waals surface area contributed by atoms with Gasteiger partial charge in [0, 0.05) is 22.6 Å². The molecule has 0 spiro atoms. The molecule has 0 bridgehead atoms. The zero-order chi connectivity index (χ0) is 14.4. The molecule has 20 heavy (non-hydrogen) atoms. The van der Waals surface area contributed by atoms with Gasteiger partial charge in [-0.1, -0.05) is 22.9 Å². The van der Waals surface area contributed by atoms with Crippen LogP contribution in [0.25, 0.3) is 0 Å². The van der Waals surface area contributed by atoms with Crippen LogP contribution >= 0.6 is 15.9 Å². The smallest absolute Gasteiger partial charge is 0.234 e. The number of amides is 1. The zero-order valence-electron chi connectivity index (χ0n) is 11.7. The lowest BCUT2D eigenvalue weighted by Gasteiger charge is -2.12. The van der Waals surface area contributed by atoms with E-state index in [1.54, 1.807) is 0 Å². The molecule has 2 N–H and O–H groups in total. The molecule has 0 aliphatic heterocycles. The minimum atomic E-state index is 0.0681. The minimum absolute atomic E-state index is 0.0681. The Morgan fingerprint density at radius 3 is 2.95 bits per heavy atom. The molecule has 1 aromatic carbocycles. The van der Waals surface area contributed by atoms with Crippen molar-refractivity contribution in [3.8, 4) is 5.75 Å². The van der Waals surface area contributed by atoms with Gasteiger partial charge in [0.25, 0.3) is 0 Å². The molecule has 1 fully saturated rings. The van der Waals surface area contributed by atoms with Crippen LogP contribution in [0, 0.1) is 0 Å². The summed E-state index contributed by atoms with van der Waals surface area (Å²) in [5, 5.41) is 6.12. The van der Waals surface area contributed by atoms with Crippen molar-refractivity contribution < 1.29 is 9.53 Å². The van der Waals surface area contributed by atoms with Crippen molar-refractivity contribution >= 4 is 21.8 Å². The molecule has 1 aliphatic carbocycles. The molecular formula is C15H21BrN2O2. The summed E-state index contributed by atoms with van der Waals surface area (Å²) < 4.78 is 6.73. The molecule has 0 saturated heterocycles. The molecule has 0 unspecified atom stereocenters. The second-order valence-electron chi connectivity index (χ2n) is 5.05. The molecule has 0 aromatic heterocycles. The first kappa shape index (κ1) is 15.3. The van der Waals surface area contributed by atoms with Gasteiger partial charge in [-0.05, 0) is 37.5 Å². The Labute approximate surface area is 128 Å². The Morgan fingerprint density at radius 1 is 1.45 bits per heavy atom. The molecular weight excluding hydrogens is 320 g/mol. The van der Waals surface area contributed by atoms with Crippen LogP contribution in [0.2, 0.25) is 0 Å². The average Bonchev–Trinajstić information content (AvgIpc) is 3.21. The van der Waals surface area contributed by atoms with Crippen molar-refractivity contribution in [2.75, 3.05) is 13.2 Å². The largest absolute Gasteiger partial charge is 0.493 e. The maximum atomic E-state index is 11.6. The van der Waals surface area contributed by atoms with Crippen molar-refractivity contribution in [1.82, 2.24) is 10.6 Å². The zero-order valence-corrected chi connectivity index (χ0v) is 13.3. The number of ether oxygens (including phenoxy) is 1. The van der Waals surface area contributed by atoms with E-state index in [1.807, 2.05) is 18.2 Å². The van der Waals surface area contributed by atoms with Gasteiger partial charge in [0.1, 0.15) is 5.75 Å². The first-order chi connectivity index (χ1) is 9.69. The first-order valence-electron chi connectivity index (χ1n) is 7.10. The molecule has 1 aliphatic rings. The Morgan fingerprint density at radius 2 is 2.25 bits per heavy atom. The predicted molar refractivity (Wildman–Crippen MR) is 82.8 cm³/mol. The molecule has 0 heterocycles. The normalized spacial score (nSPS) is 14.1. The Kier molecular flexibility index (Phi) is 5.86. The summed E-state index contributed by atoms with van der Waals surface area (Å²) in [5.74, 6) is 0.948. The number of halogens is 1. The van der Waals surface area contributed by atoms with Gasteiger partial charge >= 0.3 is 0 Å². The lowest BCUT2D eigenvalue weighted by atomic mass is 10.2. The standard InChI is InChI=1S/C15H21BrN2O2/c1-2-7-20-14-6-3-12(16)8-11(14)9-17-10-15(19)18-13-4-5-13/h3,6,8,13,17H,2,4-5,7,9-10H2,1H3,(H,18,19). The van der Waals surface area contributed by atoms with E-state index in [2.05, 4.69) is 33.5 Å². The topological polar surface area (TPSA) is 50.4 Å². The summed E-state index contributed by atoms with van der Waals surface area (Å²) in [6, 6.07) is 6.37. The van der Waals surface area contributed by atoms with Gasteiger partial charge in [0.2, 0.25) is 5.91 Å². The molecule has 0 radical (unpaired) electrons. The highest BCUT2D eigenvalue weighted by molar-refractivity contribution is 9.10. The molecule has 4 nitrogen and oxygen atoms in total. The minimum Gasteiger partial charge on any atom is -0.493 e. The molecule has 0 atom stereocenters. The highest BCUT2D eigenvalue weighted by Crippen LogP contribution is 2.23. The van der Waals surface area contributed by atoms with Gasteiger partial charge < -0.3 is 15.4 Å². The third-order valence-corrected chi connectivity index (χ3v) is 3.52. The van der Waals surface area contributed by atoms with Gasteiger partial charge in [0.05, 0.1) is 13.2 Å². The third-order valence-electron chi connectivity index (χ3n) is 3.03. The van der Waals surface area contributed by atoms with Crippen molar-refractivity contribution in [2.45, 2.75) is 38.8 Å². The van der Waals surface area contributed by atoms with E-state index in [4.69, 9.17) is 4.74 Å². The van der Waals surface area contributed by atoms with Crippen LogP contribution < -0.4 is 15.4 Å². The van der Waals surface area contributed by atoms with Crippen LogP contribution in [0.15, 0.2) is 22.7 Å². The Bertz CT molecular complexity index is 461. The van der Waals surface area contributed by atoms with Crippen LogP contribution in [0.1, 0.15) is 31.7 Å². The number of carbonyl (C=O) groups is 1. The fourth-order valence-corrected chi connectivity index (χ4v) is 2.26. The van der Waals surface area contributed by atoms with Crippen molar-refractivity contribution in [3.05, 3.63) is 28.2 Å². The second-order valence-corrected chi connectivity index (χ2v) is 5.96. The molecule has 2 rings (SSSR count). The summed E-state index contributed by atoms with van der Waals surface area (Å²) in [4.78, 5) is 11.6. The van der Waals surface area contributed by atoms with Gasteiger partial charge in [-0.25, -0.2) is 0 Å². The average molecular weight is 341 g/mol. The molecule has 5 heteroatoms. The number of nitrogens with one attached hydrogen (secondary N) is 2. The summed E-state index contributed by atoms with van der Waals surface area (Å²) in [5.41, 5.74) is 1.06. The van der Waals surface area contributed by atoms with Crippen LogP contribution in [0.5, 0.6) is 5.75 Å². The summed E-state index contributed by atoms with van der Waals surface area (Å²) >= 11 is 3.46. The monoisotopic (exact) mass is 340 g/mol. The van der Waals surface area contributed by atoms with E-state index >= 15 is 0 Å². The van der Waals surface area contributed by atoms with Crippen LogP contribution in [0.3, 0.4) is 0 Å². The Hall–Kier alpha value is -1.07. The lowest BCUT2D eigenvalue weighted by Crippen LogP contribution is -2.34. The van der Waals surface area contributed by atoms with E-state index in [1.165, 1.54) is 0 Å². The summed E-state index contributed by atoms with van der Waals surface area (Å²) in [6.07, 6.45) is 3.21. The maximum absolute atomic E-state index is 11.6. The third kappa shape index (κ3) is 5.13. The van der Waals surface area contributed by atoms with Crippen LogP contribution in [-0.2, 0) is 11.3 Å². The van der Waals surface area contributed by atoms with E-state index in [-0.39, 0.29) is 5.91 Å². The SMILES string of the molecule is CCCOc1ccc(Br)cc1CNCC(=O)NC1CC1. The fourth-order valence-electron chi connectivity index (χ4n) is 1.86. The second kappa shape index (κ2) is 7.64. The lowest BCUT2D eigenvalue weighted by molar-refractivity contribution is -0.120. The molecule has 1 amide bonds. The number of hydrogen-bond acceptors (Lipinski definition) is 3. The van der Waals surface area contributed by atoms with Crippen molar-refractivity contribution in [3.63, 3.8) is 0 Å². The first-order valence-corrected chi connectivity index (χ1v) is 7.89. The quantitative estimate of drug-likeness (QED) is 0.764. The van der Waals surface area contributed by atoms with Gasteiger partial charge in [-0.2, -0.15) is 0 Å². The fraction of sp³-hybridized carbons (Fsp3) is 0.533. The van der Waals surface area contributed by atoms with E-state index in [0.717, 1.165) is 35.0 Å². The van der Waals surface area contributed by atoms with E-state index < -0.39 is 0 Å². The predicted octanol–water partition coefficient (Wildman–Crippen LogP) is 2.61. The Balaban J connectivity index is 1.83. The van der Waals surface area contributed by atoms with E-state index in [9.17, 15) is 4.79 Å². The summed E-state index contributed by atoms with van der Waals surface area (Å²) in [7, 11) is 0. The van der Waals surface area contributed by atoms with E-state index in [0.29, 0.717) is 25.7 Å². The van der Waals surface area contributed by atoms with Gasteiger partial charge in [0.15, 0.2) is 0 Å². The number of hydrogen-bond donors (Lipinski definition) is 2. The van der Waals surface area contributed by atoms with Gasteiger partial charge in [-0.3, -0.25) is 4.79 Å². The summed E-state index contributed by atoms with van der Waals surface area (Å²) in [6.45, 7) is 3.75. The van der Waals surface area contributed by atoms with Gasteiger partial charge in [-0.15, -0.1) is 0 Å². The maximum Gasteiger partial charge on any atom is 0.234 e. The van der Waals surface area contributed by atoms with Crippen molar-refractivity contribution in [2.24, 2.45) is 0 Å². The van der Waals surface area contributed by atoms with Crippen LogP contribution in [-0.4, -0.2) is 25.1 Å².